The van der Waals surface area contributed by atoms with Crippen molar-refractivity contribution in [3.63, 3.8) is 0 Å². The van der Waals surface area contributed by atoms with E-state index in [9.17, 15) is 9.18 Å². The van der Waals surface area contributed by atoms with Gasteiger partial charge in [0, 0.05) is 0 Å². The first kappa shape index (κ1) is 11.4. The van der Waals surface area contributed by atoms with Crippen LogP contribution in [-0.2, 0) is 17.6 Å². The molecule has 5 heteroatoms. The Bertz CT molecular complexity index is 537. The van der Waals surface area contributed by atoms with E-state index in [1.165, 1.54) is 19.1 Å². The Morgan fingerprint density at radius 3 is 3.00 bits per heavy atom. The number of aromatic nitrogens is 2. The van der Waals surface area contributed by atoms with Crippen molar-refractivity contribution in [2.24, 2.45) is 0 Å². The minimum Gasteiger partial charge on any atom is -0.339 e. The fraction of sp³-hybridized carbons (Fsp3) is 0.250. The molecule has 0 saturated heterocycles. The molecule has 0 N–H and O–H groups in total. The standard InChI is InChI=1S/C12H11FN2O2/c1-8(16)5-11-14-12(17-15-11)7-9-3-2-4-10(13)6-9/h2-4,6H,5,7H2,1H3. The van der Waals surface area contributed by atoms with Gasteiger partial charge in [0.05, 0.1) is 12.8 Å². The van der Waals surface area contributed by atoms with Gasteiger partial charge in [0.1, 0.15) is 11.6 Å². The number of ketones is 1. The summed E-state index contributed by atoms with van der Waals surface area (Å²) in [6.45, 7) is 1.46. The van der Waals surface area contributed by atoms with Crippen LogP contribution in [0.3, 0.4) is 0 Å². The van der Waals surface area contributed by atoms with Crippen LogP contribution in [-0.4, -0.2) is 15.9 Å². The smallest absolute Gasteiger partial charge is 0.231 e. The van der Waals surface area contributed by atoms with E-state index in [1.54, 1.807) is 12.1 Å². The lowest BCUT2D eigenvalue weighted by Crippen LogP contribution is -1.98. The summed E-state index contributed by atoms with van der Waals surface area (Å²) in [5.74, 6) is 0.421. The summed E-state index contributed by atoms with van der Waals surface area (Å²) in [6.07, 6.45) is 0.523. The van der Waals surface area contributed by atoms with Gasteiger partial charge in [-0.3, -0.25) is 4.79 Å². The van der Waals surface area contributed by atoms with Gasteiger partial charge in [-0.25, -0.2) is 4.39 Å². The molecule has 2 rings (SSSR count). The molecule has 2 aromatic rings. The third-order valence-electron chi connectivity index (χ3n) is 2.16. The summed E-state index contributed by atoms with van der Waals surface area (Å²) in [6, 6.07) is 6.18. The predicted molar refractivity (Wildman–Crippen MR) is 57.9 cm³/mol. The van der Waals surface area contributed by atoms with Crippen LogP contribution in [0.2, 0.25) is 0 Å². The molecule has 1 aromatic carbocycles. The maximum absolute atomic E-state index is 12.9. The molecular weight excluding hydrogens is 223 g/mol. The fourth-order valence-corrected chi connectivity index (χ4v) is 1.48. The van der Waals surface area contributed by atoms with E-state index in [1.807, 2.05) is 0 Å². The third kappa shape index (κ3) is 3.21. The van der Waals surface area contributed by atoms with Gasteiger partial charge in [-0.15, -0.1) is 0 Å². The van der Waals surface area contributed by atoms with Crippen molar-refractivity contribution in [2.75, 3.05) is 0 Å². The van der Waals surface area contributed by atoms with Gasteiger partial charge in [-0.1, -0.05) is 17.3 Å². The number of carbonyl (C=O) groups excluding carboxylic acids is 1. The molecule has 0 saturated carbocycles. The summed E-state index contributed by atoms with van der Waals surface area (Å²) in [5.41, 5.74) is 0.753. The second-order valence-corrected chi connectivity index (χ2v) is 3.79. The molecule has 0 radical (unpaired) electrons. The van der Waals surface area contributed by atoms with Gasteiger partial charge in [-0.05, 0) is 24.6 Å². The molecule has 1 aromatic heterocycles. The highest BCUT2D eigenvalue weighted by atomic mass is 19.1. The number of hydrogen-bond donors (Lipinski definition) is 0. The van der Waals surface area contributed by atoms with Gasteiger partial charge in [0.25, 0.3) is 0 Å². The molecule has 88 valence electrons. The lowest BCUT2D eigenvalue weighted by Gasteiger charge is -1.95. The topological polar surface area (TPSA) is 56.0 Å². The van der Waals surface area contributed by atoms with Crippen molar-refractivity contribution >= 4 is 5.78 Å². The van der Waals surface area contributed by atoms with E-state index in [0.29, 0.717) is 18.1 Å². The van der Waals surface area contributed by atoms with E-state index < -0.39 is 0 Å². The second-order valence-electron chi connectivity index (χ2n) is 3.79. The summed E-state index contributed by atoms with van der Waals surface area (Å²) in [4.78, 5) is 14.9. The van der Waals surface area contributed by atoms with E-state index in [4.69, 9.17) is 4.52 Å². The zero-order valence-electron chi connectivity index (χ0n) is 9.31. The van der Waals surface area contributed by atoms with E-state index >= 15 is 0 Å². The molecular formula is C12H11FN2O2. The second kappa shape index (κ2) is 4.86. The Morgan fingerprint density at radius 2 is 2.29 bits per heavy atom. The van der Waals surface area contributed by atoms with Crippen LogP contribution in [0.4, 0.5) is 4.39 Å². The molecule has 0 aliphatic carbocycles. The third-order valence-corrected chi connectivity index (χ3v) is 2.16. The molecule has 0 fully saturated rings. The minimum atomic E-state index is -0.300. The molecule has 0 bridgehead atoms. The summed E-state index contributed by atoms with van der Waals surface area (Å²) in [7, 11) is 0. The number of halogens is 1. The van der Waals surface area contributed by atoms with Crippen molar-refractivity contribution in [1.29, 1.82) is 0 Å². The Balaban J connectivity index is 2.08. The van der Waals surface area contributed by atoms with E-state index in [-0.39, 0.29) is 18.0 Å². The Morgan fingerprint density at radius 1 is 1.47 bits per heavy atom. The van der Waals surface area contributed by atoms with Crippen LogP contribution in [0, 0.1) is 5.82 Å². The lowest BCUT2D eigenvalue weighted by atomic mass is 10.1. The summed E-state index contributed by atoms with van der Waals surface area (Å²) >= 11 is 0. The van der Waals surface area contributed by atoms with Crippen molar-refractivity contribution in [3.05, 3.63) is 47.4 Å². The first-order valence-corrected chi connectivity index (χ1v) is 5.19. The zero-order valence-corrected chi connectivity index (χ0v) is 9.31. The Hall–Kier alpha value is -2.04. The van der Waals surface area contributed by atoms with Crippen LogP contribution < -0.4 is 0 Å². The molecule has 0 aliphatic heterocycles. The number of hydrogen-bond acceptors (Lipinski definition) is 4. The average molecular weight is 234 g/mol. The maximum atomic E-state index is 12.9. The number of carbonyl (C=O) groups is 1. The van der Waals surface area contributed by atoms with Gasteiger partial charge in [0.15, 0.2) is 5.82 Å². The summed E-state index contributed by atoms with van der Waals surface area (Å²) < 4.78 is 17.9. The molecule has 1 heterocycles. The predicted octanol–water partition coefficient (Wildman–Crippen LogP) is 1.93. The maximum Gasteiger partial charge on any atom is 0.231 e. The lowest BCUT2D eigenvalue weighted by molar-refractivity contribution is -0.116. The molecule has 0 atom stereocenters. The zero-order chi connectivity index (χ0) is 12.3. The van der Waals surface area contributed by atoms with Crippen LogP contribution in [0.25, 0.3) is 0 Å². The van der Waals surface area contributed by atoms with Crippen molar-refractivity contribution in [1.82, 2.24) is 10.1 Å². The van der Waals surface area contributed by atoms with Gasteiger partial charge in [0.2, 0.25) is 5.89 Å². The number of rotatable bonds is 4. The number of Topliss-reactive ketones (excluding diaryl/α,β-unsaturated/α-hetero) is 1. The molecule has 0 amide bonds. The van der Waals surface area contributed by atoms with Crippen molar-refractivity contribution in [2.45, 2.75) is 19.8 Å². The van der Waals surface area contributed by atoms with Crippen LogP contribution in [0.1, 0.15) is 24.2 Å². The SMILES string of the molecule is CC(=O)Cc1noc(Cc2cccc(F)c2)n1. The monoisotopic (exact) mass is 234 g/mol. The average Bonchev–Trinajstić information content (AvgIpc) is 2.64. The number of nitrogens with zero attached hydrogens (tertiary/aromatic N) is 2. The van der Waals surface area contributed by atoms with Gasteiger partial charge >= 0.3 is 0 Å². The Kier molecular flexibility index (Phi) is 3.27. The quantitative estimate of drug-likeness (QED) is 0.811. The normalized spacial score (nSPS) is 10.5. The highest BCUT2D eigenvalue weighted by Crippen LogP contribution is 2.09. The van der Waals surface area contributed by atoms with Crippen LogP contribution >= 0.6 is 0 Å². The van der Waals surface area contributed by atoms with Crippen LogP contribution in [0.15, 0.2) is 28.8 Å². The molecule has 0 unspecified atom stereocenters. The van der Waals surface area contributed by atoms with Crippen molar-refractivity contribution < 1.29 is 13.7 Å². The number of benzene rings is 1. The van der Waals surface area contributed by atoms with E-state index in [0.717, 1.165) is 5.56 Å². The molecule has 17 heavy (non-hydrogen) atoms. The first-order valence-electron chi connectivity index (χ1n) is 5.19. The molecule has 4 nitrogen and oxygen atoms in total. The largest absolute Gasteiger partial charge is 0.339 e. The van der Waals surface area contributed by atoms with Gasteiger partial charge in [-0.2, -0.15) is 4.98 Å². The Labute approximate surface area is 97.5 Å². The highest BCUT2D eigenvalue weighted by Gasteiger charge is 2.09. The van der Waals surface area contributed by atoms with Gasteiger partial charge < -0.3 is 4.52 Å². The highest BCUT2D eigenvalue weighted by molar-refractivity contribution is 5.77. The first-order chi connectivity index (χ1) is 8.13. The minimum absolute atomic E-state index is 0.0249. The molecule has 0 aliphatic rings. The van der Waals surface area contributed by atoms with Crippen LogP contribution in [0.5, 0.6) is 0 Å². The molecule has 0 spiro atoms. The van der Waals surface area contributed by atoms with Crippen molar-refractivity contribution in [3.8, 4) is 0 Å². The fourth-order valence-electron chi connectivity index (χ4n) is 1.48. The summed E-state index contributed by atoms with van der Waals surface area (Å²) in [5, 5.41) is 3.67. The van der Waals surface area contributed by atoms with E-state index in [2.05, 4.69) is 10.1 Å².